The Hall–Kier alpha value is -1.47. The molecule has 0 radical (unpaired) electrons. The van der Waals surface area contributed by atoms with E-state index in [0.29, 0.717) is 18.4 Å². The summed E-state index contributed by atoms with van der Waals surface area (Å²) in [5.41, 5.74) is 11.2. The molecule has 1 atom stereocenters. The molecule has 0 amide bonds. The normalized spacial score (nSPS) is 19.2. The first kappa shape index (κ1) is 14.0. The molecule has 0 aliphatic carbocycles. The molecular weight excluding hydrogens is 242 g/mol. The van der Waals surface area contributed by atoms with Crippen LogP contribution in [0.4, 0.5) is 11.9 Å². The van der Waals surface area contributed by atoms with Crippen molar-refractivity contribution in [3.63, 3.8) is 0 Å². The second-order valence-corrected chi connectivity index (χ2v) is 5.00. The van der Waals surface area contributed by atoms with Crippen LogP contribution in [-0.4, -0.2) is 45.5 Å². The van der Waals surface area contributed by atoms with E-state index in [-0.39, 0.29) is 11.9 Å². The minimum atomic E-state index is 0.193. The predicted molar refractivity (Wildman–Crippen MR) is 75.2 cm³/mol. The Morgan fingerprint density at radius 1 is 1.26 bits per heavy atom. The van der Waals surface area contributed by atoms with Gasteiger partial charge < -0.3 is 16.8 Å². The highest BCUT2D eigenvalue weighted by Crippen LogP contribution is 2.10. The first-order valence-electron chi connectivity index (χ1n) is 6.89. The second-order valence-electron chi connectivity index (χ2n) is 5.00. The molecule has 0 aromatic carbocycles. The lowest BCUT2D eigenvalue weighted by atomic mass is 10.2. The number of rotatable bonds is 6. The van der Waals surface area contributed by atoms with Crippen LogP contribution in [0.3, 0.4) is 0 Å². The van der Waals surface area contributed by atoms with E-state index in [9.17, 15) is 0 Å². The van der Waals surface area contributed by atoms with Crippen LogP contribution in [0.1, 0.15) is 32.0 Å². The maximum absolute atomic E-state index is 5.60. The molecule has 7 heteroatoms. The van der Waals surface area contributed by atoms with Crippen molar-refractivity contribution < 1.29 is 0 Å². The molecule has 5 N–H and O–H groups in total. The van der Waals surface area contributed by atoms with Crippen molar-refractivity contribution >= 4 is 11.9 Å². The molecule has 1 aromatic rings. The van der Waals surface area contributed by atoms with Crippen molar-refractivity contribution in [3.8, 4) is 0 Å². The fraction of sp³-hybridized carbons (Fsp3) is 0.750. The van der Waals surface area contributed by atoms with Gasteiger partial charge in [0, 0.05) is 12.6 Å². The minimum absolute atomic E-state index is 0.193. The number of anilines is 2. The van der Waals surface area contributed by atoms with Crippen LogP contribution in [0, 0.1) is 0 Å². The number of nitrogens with zero attached hydrogens (tertiary/aromatic N) is 4. The number of nitrogens with one attached hydrogen (secondary N) is 1. The predicted octanol–water partition coefficient (Wildman–Crippen LogP) is 0.00000000000000161. The van der Waals surface area contributed by atoms with Gasteiger partial charge in [-0.3, -0.25) is 4.90 Å². The van der Waals surface area contributed by atoms with Crippen LogP contribution in [0.2, 0.25) is 0 Å². The molecule has 1 unspecified atom stereocenters. The third-order valence-electron chi connectivity index (χ3n) is 3.26. The van der Waals surface area contributed by atoms with Crippen molar-refractivity contribution in [2.24, 2.45) is 0 Å². The van der Waals surface area contributed by atoms with E-state index in [1.807, 2.05) is 0 Å². The molecule has 0 spiro atoms. The summed E-state index contributed by atoms with van der Waals surface area (Å²) in [7, 11) is 0. The van der Waals surface area contributed by atoms with E-state index in [1.165, 1.54) is 12.8 Å². The summed E-state index contributed by atoms with van der Waals surface area (Å²) in [6, 6.07) is 0.572. The van der Waals surface area contributed by atoms with Crippen LogP contribution in [0.25, 0.3) is 0 Å². The molecule has 1 aliphatic heterocycles. The van der Waals surface area contributed by atoms with Gasteiger partial charge in [0.25, 0.3) is 0 Å². The van der Waals surface area contributed by atoms with E-state index in [0.717, 1.165) is 26.1 Å². The zero-order chi connectivity index (χ0) is 13.7. The van der Waals surface area contributed by atoms with Crippen molar-refractivity contribution in [1.29, 1.82) is 0 Å². The summed E-state index contributed by atoms with van der Waals surface area (Å²) >= 11 is 0. The SMILES string of the molecule is CCCN(Cc1nc(N)nc(N)n1)CC1CCCN1. The van der Waals surface area contributed by atoms with E-state index in [4.69, 9.17) is 11.5 Å². The molecule has 1 fully saturated rings. The highest BCUT2D eigenvalue weighted by Gasteiger charge is 2.18. The van der Waals surface area contributed by atoms with Gasteiger partial charge in [0.2, 0.25) is 11.9 Å². The third-order valence-corrected chi connectivity index (χ3v) is 3.26. The lowest BCUT2D eigenvalue weighted by molar-refractivity contribution is 0.236. The smallest absolute Gasteiger partial charge is 0.225 e. The Labute approximate surface area is 113 Å². The Kier molecular flexibility index (Phi) is 4.86. The van der Waals surface area contributed by atoms with Gasteiger partial charge in [-0.2, -0.15) is 15.0 Å². The molecule has 1 aromatic heterocycles. The van der Waals surface area contributed by atoms with Crippen molar-refractivity contribution in [1.82, 2.24) is 25.2 Å². The maximum Gasteiger partial charge on any atom is 0.225 e. The number of nitrogens with two attached hydrogens (primary N) is 2. The van der Waals surface area contributed by atoms with Crippen LogP contribution in [0.5, 0.6) is 0 Å². The molecule has 2 heterocycles. The lowest BCUT2D eigenvalue weighted by Gasteiger charge is -2.24. The summed E-state index contributed by atoms with van der Waals surface area (Å²) in [4.78, 5) is 14.4. The summed E-state index contributed by atoms with van der Waals surface area (Å²) in [6.07, 6.45) is 3.60. The highest BCUT2D eigenvalue weighted by atomic mass is 15.2. The molecule has 2 rings (SSSR count). The molecule has 7 nitrogen and oxygen atoms in total. The van der Waals surface area contributed by atoms with Gasteiger partial charge in [0.05, 0.1) is 6.54 Å². The lowest BCUT2D eigenvalue weighted by Crippen LogP contribution is -2.38. The first-order chi connectivity index (χ1) is 9.17. The van der Waals surface area contributed by atoms with E-state index in [2.05, 4.69) is 32.1 Å². The monoisotopic (exact) mass is 265 g/mol. The number of nitrogen functional groups attached to an aromatic ring is 2. The topological polar surface area (TPSA) is 106 Å². The Balaban J connectivity index is 1.98. The third kappa shape index (κ3) is 4.29. The standard InChI is InChI=1S/C12H23N7/c1-2-6-19(7-9-4-3-5-15-9)8-10-16-11(13)18-12(14)17-10/h9,15H,2-8H2,1H3,(H4,13,14,16,17,18). The average Bonchev–Trinajstić information content (AvgIpc) is 2.80. The van der Waals surface area contributed by atoms with Gasteiger partial charge in [-0.05, 0) is 32.4 Å². The Morgan fingerprint density at radius 3 is 2.58 bits per heavy atom. The van der Waals surface area contributed by atoms with E-state index < -0.39 is 0 Å². The van der Waals surface area contributed by atoms with Gasteiger partial charge in [-0.1, -0.05) is 6.92 Å². The summed E-state index contributed by atoms with van der Waals surface area (Å²) in [5.74, 6) is 1.03. The summed E-state index contributed by atoms with van der Waals surface area (Å²) in [5, 5.41) is 3.51. The van der Waals surface area contributed by atoms with Crippen LogP contribution in [-0.2, 0) is 6.54 Å². The number of hydrogen-bond donors (Lipinski definition) is 3. The number of hydrogen-bond acceptors (Lipinski definition) is 7. The largest absolute Gasteiger partial charge is 0.368 e. The zero-order valence-electron chi connectivity index (χ0n) is 11.5. The van der Waals surface area contributed by atoms with Gasteiger partial charge >= 0.3 is 0 Å². The van der Waals surface area contributed by atoms with Crippen LogP contribution in [0.15, 0.2) is 0 Å². The highest BCUT2D eigenvalue weighted by molar-refractivity contribution is 5.25. The summed E-state index contributed by atoms with van der Waals surface area (Å²) < 4.78 is 0. The van der Waals surface area contributed by atoms with Gasteiger partial charge in [0.15, 0.2) is 0 Å². The maximum atomic E-state index is 5.60. The van der Waals surface area contributed by atoms with Crippen LogP contribution >= 0.6 is 0 Å². The molecule has 0 saturated carbocycles. The van der Waals surface area contributed by atoms with Crippen molar-refractivity contribution in [2.45, 2.75) is 38.8 Å². The fourth-order valence-electron chi connectivity index (χ4n) is 2.50. The molecule has 1 saturated heterocycles. The molecule has 19 heavy (non-hydrogen) atoms. The molecule has 1 aliphatic rings. The van der Waals surface area contributed by atoms with Gasteiger partial charge in [0.1, 0.15) is 5.82 Å². The Morgan fingerprint density at radius 2 is 2.00 bits per heavy atom. The quantitative estimate of drug-likeness (QED) is 0.664. The van der Waals surface area contributed by atoms with Crippen molar-refractivity contribution in [2.75, 3.05) is 31.1 Å². The fourth-order valence-corrected chi connectivity index (χ4v) is 2.50. The molecule has 106 valence electrons. The van der Waals surface area contributed by atoms with Crippen LogP contribution < -0.4 is 16.8 Å². The van der Waals surface area contributed by atoms with E-state index in [1.54, 1.807) is 0 Å². The van der Waals surface area contributed by atoms with Crippen molar-refractivity contribution in [3.05, 3.63) is 5.82 Å². The van der Waals surface area contributed by atoms with Gasteiger partial charge in [-0.15, -0.1) is 0 Å². The van der Waals surface area contributed by atoms with E-state index >= 15 is 0 Å². The number of aromatic nitrogens is 3. The Bertz CT molecular complexity index is 383. The average molecular weight is 265 g/mol. The molecular formula is C12H23N7. The van der Waals surface area contributed by atoms with Gasteiger partial charge in [-0.25, -0.2) is 0 Å². The zero-order valence-corrected chi connectivity index (χ0v) is 11.5. The first-order valence-corrected chi connectivity index (χ1v) is 6.89. The second kappa shape index (κ2) is 6.63. The minimum Gasteiger partial charge on any atom is -0.368 e. The summed E-state index contributed by atoms with van der Waals surface area (Å²) in [6.45, 7) is 5.99. The molecule has 0 bridgehead atoms.